The van der Waals surface area contributed by atoms with Crippen LogP contribution in [0.15, 0.2) is 18.2 Å². The van der Waals surface area contributed by atoms with E-state index in [4.69, 9.17) is 5.73 Å². The Kier molecular flexibility index (Phi) is 5.25. The lowest BCUT2D eigenvalue weighted by Crippen LogP contribution is -2.46. The Morgan fingerprint density at radius 2 is 2.24 bits per heavy atom. The van der Waals surface area contributed by atoms with Crippen LogP contribution in [0.2, 0.25) is 0 Å². The molecular weight excluding hydrogens is 288 g/mol. The van der Waals surface area contributed by atoms with E-state index in [1.54, 1.807) is 28.8 Å². The van der Waals surface area contributed by atoms with Crippen molar-refractivity contribution in [1.29, 1.82) is 0 Å². The van der Waals surface area contributed by atoms with E-state index in [2.05, 4.69) is 0 Å². The van der Waals surface area contributed by atoms with Gasteiger partial charge < -0.3 is 15.7 Å². The van der Waals surface area contributed by atoms with Gasteiger partial charge >= 0.3 is 5.97 Å². The Labute approximate surface area is 128 Å². The molecule has 2 rings (SSSR count). The minimum Gasteiger partial charge on any atom is -0.478 e. The summed E-state index contributed by atoms with van der Waals surface area (Å²) in [6.45, 7) is 0.978. The van der Waals surface area contributed by atoms with Crippen LogP contribution in [0.1, 0.15) is 27.9 Å². The zero-order chi connectivity index (χ0) is 15.4. The highest BCUT2D eigenvalue weighted by Gasteiger charge is 2.26. The highest BCUT2D eigenvalue weighted by atomic mass is 32.2. The largest absolute Gasteiger partial charge is 0.478 e. The van der Waals surface area contributed by atoms with Gasteiger partial charge in [0.05, 0.1) is 11.6 Å². The molecule has 0 aromatic heterocycles. The smallest absolute Gasteiger partial charge is 0.335 e. The standard InChI is InChI=1S/C15H20N2O3S/c1-21-8-6-13(16)14(18)17-7-5-11-10(9-17)3-2-4-12(11)15(19)20/h2-4,13H,5-9,16H2,1H3,(H,19,20)/t13-/m0/s1. The molecule has 1 atom stereocenters. The van der Waals surface area contributed by atoms with Crippen LogP contribution < -0.4 is 5.73 Å². The second kappa shape index (κ2) is 6.95. The number of fused-ring (bicyclic) bond motifs is 1. The lowest BCUT2D eigenvalue weighted by Gasteiger charge is -2.31. The molecule has 1 aromatic rings. The molecule has 114 valence electrons. The van der Waals surface area contributed by atoms with Crippen LogP contribution in [-0.4, -0.2) is 46.5 Å². The number of rotatable bonds is 5. The van der Waals surface area contributed by atoms with Crippen molar-refractivity contribution in [1.82, 2.24) is 4.90 Å². The van der Waals surface area contributed by atoms with Gasteiger partial charge in [0, 0.05) is 13.1 Å². The number of nitrogens with two attached hydrogens (primary N) is 1. The second-order valence-corrected chi connectivity index (χ2v) is 6.13. The molecule has 0 radical (unpaired) electrons. The maximum atomic E-state index is 12.3. The molecular formula is C15H20N2O3S. The molecule has 0 fully saturated rings. The van der Waals surface area contributed by atoms with Gasteiger partial charge in [-0.05, 0) is 42.0 Å². The summed E-state index contributed by atoms with van der Waals surface area (Å²) >= 11 is 1.67. The van der Waals surface area contributed by atoms with E-state index in [9.17, 15) is 14.7 Å². The number of hydrogen-bond acceptors (Lipinski definition) is 4. The molecule has 0 unspecified atom stereocenters. The predicted molar refractivity (Wildman–Crippen MR) is 83.5 cm³/mol. The zero-order valence-corrected chi connectivity index (χ0v) is 12.9. The first-order valence-corrected chi connectivity index (χ1v) is 8.31. The molecule has 6 heteroatoms. The Balaban J connectivity index is 2.11. The predicted octanol–water partition coefficient (Wildman–Crippen LogP) is 1.35. The van der Waals surface area contributed by atoms with Crippen molar-refractivity contribution in [3.63, 3.8) is 0 Å². The van der Waals surface area contributed by atoms with Crippen LogP contribution >= 0.6 is 11.8 Å². The van der Waals surface area contributed by atoms with E-state index in [0.717, 1.165) is 16.9 Å². The first kappa shape index (κ1) is 15.9. The fourth-order valence-electron chi connectivity index (χ4n) is 2.60. The van der Waals surface area contributed by atoms with Gasteiger partial charge in [-0.15, -0.1) is 0 Å². The quantitative estimate of drug-likeness (QED) is 0.858. The number of carboxylic acid groups (broad SMARTS) is 1. The summed E-state index contributed by atoms with van der Waals surface area (Å²) < 4.78 is 0. The molecule has 5 nitrogen and oxygen atoms in total. The Morgan fingerprint density at radius 1 is 1.48 bits per heavy atom. The van der Waals surface area contributed by atoms with Crippen LogP contribution in [0.25, 0.3) is 0 Å². The van der Waals surface area contributed by atoms with Crippen LogP contribution in [0.3, 0.4) is 0 Å². The highest BCUT2D eigenvalue weighted by molar-refractivity contribution is 7.98. The van der Waals surface area contributed by atoms with Crippen molar-refractivity contribution in [3.8, 4) is 0 Å². The second-order valence-electron chi connectivity index (χ2n) is 5.15. The molecule has 0 bridgehead atoms. The van der Waals surface area contributed by atoms with Gasteiger partial charge in [0.25, 0.3) is 0 Å². The van der Waals surface area contributed by atoms with Gasteiger partial charge in [-0.1, -0.05) is 12.1 Å². The van der Waals surface area contributed by atoms with Gasteiger partial charge in [0.15, 0.2) is 0 Å². The third kappa shape index (κ3) is 3.57. The third-order valence-electron chi connectivity index (χ3n) is 3.76. The number of carbonyl (C=O) groups excluding carboxylic acids is 1. The number of amides is 1. The number of carboxylic acids is 1. The topological polar surface area (TPSA) is 83.6 Å². The molecule has 0 saturated carbocycles. The maximum absolute atomic E-state index is 12.3. The van der Waals surface area contributed by atoms with Crippen molar-refractivity contribution < 1.29 is 14.7 Å². The average Bonchev–Trinajstić information content (AvgIpc) is 2.50. The first-order chi connectivity index (χ1) is 10.0. The highest BCUT2D eigenvalue weighted by Crippen LogP contribution is 2.23. The molecule has 0 aliphatic carbocycles. The third-order valence-corrected chi connectivity index (χ3v) is 4.40. The van der Waals surface area contributed by atoms with Crippen molar-refractivity contribution in [3.05, 3.63) is 34.9 Å². The average molecular weight is 308 g/mol. The lowest BCUT2D eigenvalue weighted by atomic mass is 9.94. The van der Waals surface area contributed by atoms with Crippen LogP contribution in [-0.2, 0) is 17.8 Å². The van der Waals surface area contributed by atoms with E-state index in [1.165, 1.54) is 0 Å². The number of hydrogen-bond donors (Lipinski definition) is 2. The number of carbonyl (C=O) groups is 2. The summed E-state index contributed by atoms with van der Waals surface area (Å²) in [7, 11) is 0. The minimum atomic E-state index is -0.914. The van der Waals surface area contributed by atoms with E-state index < -0.39 is 12.0 Å². The fourth-order valence-corrected chi connectivity index (χ4v) is 3.09. The molecule has 1 aliphatic rings. The first-order valence-electron chi connectivity index (χ1n) is 6.92. The molecule has 0 spiro atoms. The normalized spacial score (nSPS) is 15.4. The van der Waals surface area contributed by atoms with Crippen LogP contribution in [0.4, 0.5) is 0 Å². The maximum Gasteiger partial charge on any atom is 0.335 e. The molecule has 1 aromatic carbocycles. The van der Waals surface area contributed by atoms with E-state index in [-0.39, 0.29) is 5.91 Å². The minimum absolute atomic E-state index is 0.0459. The molecule has 1 amide bonds. The molecule has 0 saturated heterocycles. The number of aromatic carboxylic acids is 1. The monoisotopic (exact) mass is 308 g/mol. The number of thioether (sulfide) groups is 1. The molecule has 3 N–H and O–H groups in total. The van der Waals surface area contributed by atoms with Crippen molar-refractivity contribution in [2.24, 2.45) is 5.73 Å². The van der Waals surface area contributed by atoms with Gasteiger partial charge in [0.1, 0.15) is 0 Å². The van der Waals surface area contributed by atoms with Gasteiger partial charge in [-0.3, -0.25) is 4.79 Å². The number of benzene rings is 1. The Morgan fingerprint density at radius 3 is 2.90 bits per heavy atom. The summed E-state index contributed by atoms with van der Waals surface area (Å²) in [4.78, 5) is 25.3. The van der Waals surface area contributed by atoms with Crippen LogP contribution in [0.5, 0.6) is 0 Å². The van der Waals surface area contributed by atoms with Crippen LogP contribution in [0, 0.1) is 0 Å². The van der Waals surface area contributed by atoms with E-state index in [0.29, 0.717) is 31.5 Å². The Bertz CT molecular complexity index is 548. The summed E-state index contributed by atoms with van der Waals surface area (Å²) in [6, 6.07) is 4.75. The van der Waals surface area contributed by atoms with Crippen molar-refractivity contribution in [2.45, 2.75) is 25.4 Å². The SMILES string of the molecule is CSCC[C@H](N)C(=O)N1CCc2c(cccc2C(=O)O)C1. The molecule has 1 aliphatic heterocycles. The number of nitrogens with zero attached hydrogens (tertiary/aromatic N) is 1. The Hall–Kier alpha value is -1.53. The van der Waals surface area contributed by atoms with Gasteiger partial charge in [-0.2, -0.15) is 11.8 Å². The summed E-state index contributed by atoms with van der Waals surface area (Å²) in [5.41, 5.74) is 8.02. The van der Waals surface area contributed by atoms with Gasteiger partial charge in [-0.25, -0.2) is 4.79 Å². The fraction of sp³-hybridized carbons (Fsp3) is 0.467. The summed E-state index contributed by atoms with van der Waals surface area (Å²) in [5, 5.41) is 9.20. The molecule has 21 heavy (non-hydrogen) atoms. The summed E-state index contributed by atoms with van der Waals surface area (Å²) in [6.07, 6.45) is 3.22. The molecule has 1 heterocycles. The van der Waals surface area contributed by atoms with Gasteiger partial charge in [0.2, 0.25) is 5.91 Å². The van der Waals surface area contributed by atoms with E-state index in [1.807, 2.05) is 12.3 Å². The summed E-state index contributed by atoms with van der Waals surface area (Å²) in [5.74, 6) is -0.0979. The van der Waals surface area contributed by atoms with Crippen molar-refractivity contribution in [2.75, 3.05) is 18.6 Å². The lowest BCUT2D eigenvalue weighted by molar-refractivity contribution is -0.133. The van der Waals surface area contributed by atoms with Crippen molar-refractivity contribution >= 4 is 23.6 Å². The zero-order valence-electron chi connectivity index (χ0n) is 12.0. The van der Waals surface area contributed by atoms with E-state index >= 15 is 0 Å².